The Labute approximate surface area is 103 Å². The predicted octanol–water partition coefficient (Wildman–Crippen LogP) is -1.12. The third-order valence-corrected chi connectivity index (χ3v) is 2.65. The zero-order valence-corrected chi connectivity index (χ0v) is 10.2. The van der Waals surface area contributed by atoms with Crippen molar-refractivity contribution in [3.63, 3.8) is 0 Å². The van der Waals surface area contributed by atoms with E-state index in [1.807, 2.05) is 0 Å². The summed E-state index contributed by atoms with van der Waals surface area (Å²) < 4.78 is 0.316. The molecule has 0 aromatic carbocycles. The van der Waals surface area contributed by atoms with Gasteiger partial charge in [0.1, 0.15) is 25.3 Å². The molecular weight excluding hydrogens is 222 g/mol. The summed E-state index contributed by atoms with van der Waals surface area (Å²) in [7, 11) is 0. The molecule has 0 radical (unpaired) electrons. The summed E-state index contributed by atoms with van der Waals surface area (Å²) in [5, 5.41) is 36.9. The average molecular weight is 246 g/mol. The molecule has 0 heterocycles. The largest absolute Gasteiger partial charge is 0.393 e. The summed E-state index contributed by atoms with van der Waals surface area (Å²) in [5.41, 5.74) is 0. The molecule has 0 fully saturated rings. The lowest BCUT2D eigenvalue weighted by atomic mass is 10.2. The van der Waals surface area contributed by atoms with Gasteiger partial charge in [-0.1, -0.05) is 13.2 Å². The molecule has 0 aliphatic heterocycles. The van der Waals surface area contributed by atoms with Gasteiger partial charge in [-0.3, -0.25) is 0 Å². The summed E-state index contributed by atoms with van der Waals surface area (Å²) in [6.07, 6.45) is 1.66. The van der Waals surface area contributed by atoms with Crippen LogP contribution in [0.3, 0.4) is 0 Å². The molecular formula is C12H24NO4+. The molecule has 0 rings (SSSR count). The first-order valence-electron chi connectivity index (χ1n) is 5.68. The van der Waals surface area contributed by atoms with Crippen molar-refractivity contribution >= 4 is 0 Å². The van der Waals surface area contributed by atoms with Crippen LogP contribution in [0.25, 0.3) is 0 Å². The zero-order valence-electron chi connectivity index (χ0n) is 10.2. The highest BCUT2D eigenvalue weighted by atomic mass is 16.3. The topological polar surface area (TPSA) is 80.9 Å². The standard InChI is InChI=1S/C12H24NO4/c1-3-5-13(6-4-2,7-11(16)9-14)8-12(17)10-15/h3-4,11-12,14-17H,1-2,5-10H2/q+1. The van der Waals surface area contributed by atoms with E-state index in [-0.39, 0.29) is 26.3 Å². The van der Waals surface area contributed by atoms with E-state index in [4.69, 9.17) is 10.2 Å². The van der Waals surface area contributed by atoms with Gasteiger partial charge in [0.05, 0.1) is 26.3 Å². The second-order valence-corrected chi connectivity index (χ2v) is 4.32. The number of hydrogen-bond donors (Lipinski definition) is 4. The molecule has 100 valence electrons. The van der Waals surface area contributed by atoms with Gasteiger partial charge in [0.15, 0.2) is 0 Å². The van der Waals surface area contributed by atoms with Gasteiger partial charge in [0, 0.05) is 0 Å². The van der Waals surface area contributed by atoms with Gasteiger partial charge >= 0.3 is 0 Å². The molecule has 0 aliphatic carbocycles. The Morgan fingerprint density at radius 1 is 0.882 bits per heavy atom. The molecule has 2 unspecified atom stereocenters. The lowest BCUT2D eigenvalue weighted by molar-refractivity contribution is -0.923. The lowest BCUT2D eigenvalue weighted by Gasteiger charge is -2.39. The number of aliphatic hydroxyl groups is 4. The second-order valence-electron chi connectivity index (χ2n) is 4.32. The van der Waals surface area contributed by atoms with Crippen LogP contribution in [-0.4, -0.2) is 76.5 Å². The van der Waals surface area contributed by atoms with E-state index in [0.29, 0.717) is 17.6 Å². The summed E-state index contributed by atoms with van der Waals surface area (Å²) in [5.74, 6) is 0. The molecule has 0 saturated carbocycles. The Morgan fingerprint density at radius 3 is 1.47 bits per heavy atom. The van der Waals surface area contributed by atoms with Crippen molar-refractivity contribution in [2.24, 2.45) is 0 Å². The molecule has 0 spiro atoms. The van der Waals surface area contributed by atoms with Crippen molar-refractivity contribution in [2.75, 3.05) is 39.4 Å². The SMILES string of the molecule is C=CC[N+](CC=C)(CC(O)CO)CC(O)CO. The van der Waals surface area contributed by atoms with Crippen molar-refractivity contribution in [1.82, 2.24) is 0 Å². The quantitative estimate of drug-likeness (QED) is 0.291. The van der Waals surface area contributed by atoms with Crippen molar-refractivity contribution in [3.05, 3.63) is 25.3 Å². The van der Waals surface area contributed by atoms with Crippen LogP contribution in [-0.2, 0) is 0 Å². The smallest absolute Gasteiger partial charge is 0.126 e. The van der Waals surface area contributed by atoms with Crippen molar-refractivity contribution in [1.29, 1.82) is 0 Å². The number of quaternary nitrogens is 1. The molecule has 0 aromatic heterocycles. The van der Waals surface area contributed by atoms with Gasteiger partial charge in [0.25, 0.3) is 0 Å². The van der Waals surface area contributed by atoms with Crippen LogP contribution >= 0.6 is 0 Å². The van der Waals surface area contributed by atoms with Crippen LogP contribution in [0.2, 0.25) is 0 Å². The van der Waals surface area contributed by atoms with Crippen LogP contribution in [0.4, 0.5) is 0 Å². The van der Waals surface area contributed by atoms with Crippen LogP contribution in [0.5, 0.6) is 0 Å². The van der Waals surface area contributed by atoms with Gasteiger partial charge in [0.2, 0.25) is 0 Å². The number of hydrogen-bond acceptors (Lipinski definition) is 4. The van der Waals surface area contributed by atoms with Crippen molar-refractivity contribution in [2.45, 2.75) is 12.2 Å². The Morgan fingerprint density at radius 2 is 1.24 bits per heavy atom. The maximum Gasteiger partial charge on any atom is 0.126 e. The van der Waals surface area contributed by atoms with Gasteiger partial charge in [-0.25, -0.2) is 0 Å². The van der Waals surface area contributed by atoms with Crippen LogP contribution in [0, 0.1) is 0 Å². The molecule has 0 amide bonds. The Bertz CT molecular complexity index is 209. The van der Waals surface area contributed by atoms with Crippen LogP contribution in [0.1, 0.15) is 0 Å². The van der Waals surface area contributed by atoms with Crippen LogP contribution in [0.15, 0.2) is 25.3 Å². The average Bonchev–Trinajstić information content (AvgIpc) is 2.29. The summed E-state index contributed by atoms with van der Waals surface area (Å²) in [4.78, 5) is 0. The van der Waals surface area contributed by atoms with E-state index in [2.05, 4.69) is 13.2 Å². The predicted molar refractivity (Wildman–Crippen MR) is 66.3 cm³/mol. The Balaban J connectivity index is 4.81. The van der Waals surface area contributed by atoms with Crippen molar-refractivity contribution in [3.8, 4) is 0 Å². The van der Waals surface area contributed by atoms with Gasteiger partial charge in [-0.15, -0.1) is 0 Å². The first-order chi connectivity index (χ1) is 8.03. The fourth-order valence-electron chi connectivity index (χ4n) is 2.00. The lowest BCUT2D eigenvalue weighted by Crippen LogP contribution is -2.57. The number of aliphatic hydroxyl groups excluding tert-OH is 4. The van der Waals surface area contributed by atoms with Gasteiger partial charge < -0.3 is 24.9 Å². The summed E-state index contributed by atoms with van der Waals surface area (Å²) >= 11 is 0. The monoisotopic (exact) mass is 246 g/mol. The molecule has 5 nitrogen and oxygen atoms in total. The van der Waals surface area contributed by atoms with Crippen molar-refractivity contribution < 1.29 is 24.9 Å². The highest BCUT2D eigenvalue weighted by Crippen LogP contribution is 2.11. The maximum atomic E-state index is 9.55. The Kier molecular flexibility index (Phi) is 8.03. The fraction of sp³-hybridized carbons (Fsp3) is 0.667. The van der Waals surface area contributed by atoms with E-state index >= 15 is 0 Å². The molecule has 4 N–H and O–H groups in total. The minimum Gasteiger partial charge on any atom is -0.393 e. The minimum absolute atomic E-state index is 0.283. The van der Waals surface area contributed by atoms with E-state index in [9.17, 15) is 10.2 Å². The third kappa shape index (κ3) is 5.95. The van der Waals surface area contributed by atoms with E-state index in [0.717, 1.165) is 0 Å². The number of nitrogens with zero attached hydrogens (tertiary/aromatic N) is 1. The van der Waals surface area contributed by atoms with Gasteiger partial charge in [-0.2, -0.15) is 0 Å². The molecule has 5 heteroatoms. The molecule has 0 saturated heterocycles. The zero-order chi connectivity index (χ0) is 13.3. The Hall–Kier alpha value is -0.720. The molecule has 0 aliphatic rings. The maximum absolute atomic E-state index is 9.55. The van der Waals surface area contributed by atoms with E-state index < -0.39 is 12.2 Å². The highest BCUT2D eigenvalue weighted by molar-refractivity contribution is 4.74. The highest BCUT2D eigenvalue weighted by Gasteiger charge is 2.30. The molecule has 0 aromatic rings. The molecule has 2 atom stereocenters. The van der Waals surface area contributed by atoms with Gasteiger partial charge in [-0.05, 0) is 12.2 Å². The summed E-state index contributed by atoms with van der Waals surface area (Å²) in [6.45, 7) is 8.27. The second kappa shape index (κ2) is 8.38. The van der Waals surface area contributed by atoms with E-state index in [1.165, 1.54) is 0 Å². The first kappa shape index (κ1) is 16.3. The fourth-order valence-corrected chi connectivity index (χ4v) is 2.00. The first-order valence-corrected chi connectivity index (χ1v) is 5.68. The normalized spacial score (nSPS) is 15.3. The van der Waals surface area contributed by atoms with Crippen LogP contribution < -0.4 is 0 Å². The minimum atomic E-state index is -0.860. The number of rotatable bonds is 10. The molecule has 0 bridgehead atoms. The third-order valence-electron chi connectivity index (χ3n) is 2.65. The van der Waals surface area contributed by atoms with E-state index in [1.54, 1.807) is 12.2 Å². The summed E-state index contributed by atoms with van der Waals surface area (Å²) in [6, 6.07) is 0. The molecule has 17 heavy (non-hydrogen) atoms.